The first-order valence-corrected chi connectivity index (χ1v) is 7.81. The van der Waals surface area contributed by atoms with E-state index in [1.54, 1.807) is 0 Å². The van der Waals surface area contributed by atoms with Crippen molar-refractivity contribution in [2.24, 2.45) is 0 Å². The monoisotopic (exact) mass is 249 g/mol. The van der Waals surface area contributed by atoms with Crippen LogP contribution in [0.4, 0.5) is 0 Å². The van der Waals surface area contributed by atoms with Gasteiger partial charge in [-0.25, -0.2) is 0 Å². The second-order valence-electron chi connectivity index (χ2n) is 5.04. The first-order valence-electron chi connectivity index (χ1n) is 6.66. The lowest BCUT2D eigenvalue weighted by Gasteiger charge is -2.29. The van der Waals surface area contributed by atoms with E-state index in [1.165, 1.54) is 29.9 Å². The SMILES string of the molecule is C[C@H](c1ccccc1)[C@@H](C)NC1CCSCC1. The van der Waals surface area contributed by atoms with Gasteiger partial charge in [-0.15, -0.1) is 0 Å². The Hall–Kier alpha value is -0.470. The van der Waals surface area contributed by atoms with Gasteiger partial charge in [0, 0.05) is 12.1 Å². The molecule has 2 rings (SSSR count). The zero-order chi connectivity index (χ0) is 12.1. The summed E-state index contributed by atoms with van der Waals surface area (Å²) >= 11 is 2.09. The Morgan fingerprint density at radius 3 is 2.41 bits per heavy atom. The van der Waals surface area contributed by atoms with Gasteiger partial charge in [0.2, 0.25) is 0 Å². The molecule has 1 heterocycles. The summed E-state index contributed by atoms with van der Waals surface area (Å²) in [6.07, 6.45) is 2.66. The highest BCUT2D eigenvalue weighted by molar-refractivity contribution is 7.99. The zero-order valence-electron chi connectivity index (χ0n) is 10.9. The smallest absolute Gasteiger partial charge is 0.0107 e. The van der Waals surface area contributed by atoms with Crippen LogP contribution in [0, 0.1) is 0 Å². The molecule has 0 radical (unpaired) electrons. The second-order valence-corrected chi connectivity index (χ2v) is 6.27. The van der Waals surface area contributed by atoms with Gasteiger partial charge in [0.15, 0.2) is 0 Å². The molecule has 0 aromatic heterocycles. The Bertz CT molecular complexity index is 319. The van der Waals surface area contributed by atoms with Crippen molar-refractivity contribution >= 4 is 11.8 Å². The largest absolute Gasteiger partial charge is 0.311 e. The minimum Gasteiger partial charge on any atom is -0.311 e. The lowest BCUT2D eigenvalue weighted by atomic mass is 9.93. The van der Waals surface area contributed by atoms with E-state index < -0.39 is 0 Å². The van der Waals surface area contributed by atoms with Gasteiger partial charge in [-0.1, -0.05) is 37.3 Å². The van der Waals surface area contributed by atoms with Crippen molar-refractivity contribution in [3.63, 3.8) is 0 Å². The highest BCUT2D eigenvalue weighted by atomic mass is 32.2. The first-order chi connectivity index (χ1) is 8.27. The lowest BCUT2D eigenvalue weighted by molar-refractivity contribution is 0.390. The van der Waals surface area contributed by atoms with E-state index in [0.717, 1.165) is 6.04 Å². The summed E-state index contributed by atoms with van der Waals surface area (Å²) in [5.74, 6) is 3.24. The predicted molar refractivity (Wildman–Crippen MR) is 77.8 cm³/mol. The van der Waals surface area contributed by atoms with Crippen molar-refractivity contribution in [2.45, 2.75) is 44.7 Å². The van der Waals surface area contributed by atoms with Gasteiger partial charge in [-0.3, -0.25) is 0 Å². The minimum atomic E-state index is 0.561. The van der Waals surface area contributed by atoms with Gasteiger partial charge in [0.05, 0.1) is 0 Å². The third-order valence-electron chi connectivity index (χ3n) is 3.80. The van der Waals surface area contributed by atoms with Crippen LogP contribution in [-0.4, -0.2) is 23.6 Å². The third-order valence-corrected chi connectivity index (χ3v) is 4.84. The van der Waals surface area contributed by atoms with Crippen LogP contribution in [0.25, 0.3) is 0 Å². The minimum absolute atomic E-state index is 0.561. The molecule has 0 spiro atoms. The molecule has 1 saturated heterocycles. The molecule has 1 aliphatic heterocycles. The molecule has 0 aliphatic carbocycles. The Balaban J connectivity index is 1.88. The summed E-state index contributed by atoms with van der Waals surface area (Å²) in [6, 6.07) is 12.1. The maximum Gasteiger partial charge on any atom is 0.0107 e. The second kappa shape index (κ2) is 6.46. The highest BCUT2D eigenvalue weighted by Crippen LogP contribution is 2.22. The Kier molecular flexibility index (Phi) is 4.93. The van der Waals surface area contributed by atoms with E-state index in [4.69, 9.17) is 0 Å². The molecule has 1 nitrogen and oxygen atoms in total. The summed E-state index contributed by atoms with van der Waals surface area (Å²) < 4.78 is 0. The highest BCUT2D eigenvalue weighted by Gasteiger charge is 2.19. The quantitative estimate of drug-likeness (QED) is 0.874. The molecular formula is C15H23NS. The molecule has 1 aromatic rings. The zero-order valence-corrected chi connectivity index (χ0v) is 11.7. The maximum absolute atomic E-state index is 3.80. The molecule has 0 bridgehead atoms. The standard InChI is InChI=1S/C15H23NS/c1-12(14-6-4-3-5-7-14)13(2)16-15-8-10-17-11-9-15/h3-7,12-13,15-16H,8-11H2,1-2H3/t12-,13+/m0/s1. The van der Waals surface area contributed by atoms with Crippen LogP contribution in [0.1, 0.15) is 38.2 Å². The third kappa shape index (κ3) is 3.75. The molecule has 17 heavy (non-hydrogen) atoms. The van der Waals surface area contributed by atoms with Crippen molar-refractivity contribution in [3.8, 4) is 0 Å². The van der Waals surface area contributed by atoms with Crippen LogP contribution in [0.3, 0.4) is 0 Å². The number of thioether (sulfide) groups is 1. The molecule has 0 unspecified atom stereocenters. The van der Waals surface area contributed by atoms with Crippen molar-refractivity contribution < 1.29 is 0 Å². The fraction of sp³-hybridized carbons (Fsp3) is 0.600. The fourth-order valence-electron chi connectivity index (χ4n) is 2.43. The number of rotatable bonds is 4. The van der Waals surface area contributed by atoms with Gasteiger partial charge in [0.25, 0.3) is 0 Å². The Morgan fingerprint density at radius 1 is 1.12 bits per heavy atom. The lowest BCUT2D eigenvalue weighted by Crippen LogP contribution is -2.41. The van der Waals surface area contributed by atoms with E-state index in [9.17, 15) is 0 Å². The molecule has 94 valence electrons. The van der Waals surface area contributed by atoms with Crippen LogP contribution in [0.2, 0.25) is 0 Å². The average molecular weight is 249 g/mol. The Labute approximate surface area is 109 Å². The van der Waals surface area contributed by atoms with Crippen molar-refractivity contribution in [3.05, 3.63) is 35.9 Å². The maximum atomic E-state index is 3.80. The molecule has 1 aromatic carbocycles. The van der Waals surface area contributed by atoms with Crippen LogP contribution < -0.4 is 5.32 Å². The van der Waals surface area contributed by atoms with Crippen molar-refractivity contribution in [2.75, 3.05) is 11.5 Å². The molecule has 0 saturated carbocycles. The van der Waals surface area contributed by atoms with Crippen LogP contribution in [0.15, 0.2) is 30.3 Å². The van der Waals surface area contributed by atoms with Gasteiger partial charge in [-0.05, 0) is 42.8 Å². The van der Waals surface area contributed by atoms with Crippen LogP contribution >= 0.6 is 11.8 Å². The molecule has 1 fully saturated rings. The number of hydrogen-bond acceptors (Lipinski definition) is 2. The molecule has 1 N–H and O–H groups in total. The summed E-state index contributed by atoms with van der Waals surface area (Å²) in [6.45, 7) is 4.64. The normalized spacial score (nSPS) is 21.1. The number of benzene rings is 1. The Morgan fingerprint density at radius 2 is 1.76 bits per heavy atom. The molecular weight excluding hydrogens is 226 g/mol. The first kappa shape index (κ1) is 13.0. The van der Waals surface area contributed by atoms with Crippen LogP contribution in [-0.2, 0) is 0 Å². The topological polar surface area (TPSA) is 12.0 Å². The van der Waals surface area contributed by atoms with E-state index in [2.05, 4.69) is 61.3 Å². The molecule has 0 amide bonds. The molecule has 2 heteroatoms. The van der Waals surface area contributed by atoms with E-state index >= 15 is 0 Å². The van der Waals surface area contributed by atoms with Gasteiger partial charge < -0.3 is 5.32 Å². The van der Waals surface area contributed by atoms with E-state index in [1.807, 2.05) is 0 Å². The molecule has 1 aliphatic rings. The summed E-state index contributed by atoms with van der Waals surface area (Å²) in [5.41, 5.74) is 1.44. The van der Waals surface area contributed by atoms with Crippen molar-refractivity contribution in [1.29, 1.82) is 0 Å². The van der Waals surface area contributed by atoms with E-state index in [-0.39, 0.29) is 0 Å². The number of hydrogen-bond donors (Lipinski definition) is 1. The van der Waals surface area contributed by atoms with Crippen molar-refractivity contribution in [1.82, 2.24) is 5.32 Å². The number of nitrogens with one attached hydrogen (secondary N) is 1. The predicted octanol–water partition coefficient (Wildman–Crippen LogP) is 3.66. The summed E-state index contributed by atoms with van der Waals surface area (Å²) in [4.78, 5) is 0. The van der Waals surface area contributed by atoms with Gasteiger partial charge in [0.1, 0.15) is 0 Å². The van der Waals surface area contributed by atoms with Gasteiger partial charge in [-0.2, -0.15) is 11.8 Å². The van der Waals surface area contributed by atoms with E-state index in [0.29, 0.717) is 12.0 Å². The average Bonchev–Trinajstić information content (AvgIpc) is 2.40. The molecule has 2 atom stereocenters. The summed E-state index contributed by atoms with van der Waals surface area (Å²) in [7, 11) is 0. The van der Waals surface area contributed by atoms with Gasteiger partial charge >= 0.3 is 0 Å². The summed E-state index contributed by atoms with van der Waals surface area (Å²) in [5, 5.41) is 3.80. The van der Waals surface area contributed by atoms with Crippen LogP contribution in [0.5, 0.6) is 0 Å². The fourth-order valence-corrected chi connectivity index (χ4v) is 3.53.